The number of thioether (sulfide) groups is 1. The van der Waals surface area contributed by atoms with Crippen molar-refractivity contribution >= 4 is 40.2 Å². The van der Waals surface area contributed by atoms with Gasteiger partial charge < -0.3 is 20.1 Å². The zero-order valence-electron chi connectivity index (χ0n) is 16.7. The summed E-state index contributed by atoms with van der Waals surface area (Å²) in [5, 5.41) is 16.6. The van der Waals surface area contributed by atoms with E-state index >= 15 is 0 Å². The van der Waals surface area contributed by atoms with Gasteiger partial charge in [0, 0.05) is 19.7 Å². The van der Waals surface area contributed by atoms with E-state index in [1.54, 1.807) is 7.11 Å². The van der Waals surface area contributed by atoms with Crippen molar-refractivity contribution in [1.29, 1.82) is 0 Å². The SMILES string of the molecule is COc1ccc(CCNC(=O)Nc2nnc(SCC(=O)NC[C@@H]3CCCO3)s2)cc1. The molecule has 0 spiro atoms. The van der Waals surface area contributed by atoms with Crippen molar-refractivity contribution in [3.8, 4) is 5.75 Å². The summed E-state index contributed by atoms with van der Waals surface area (Å²) >= 11 is 2.52. The maximum atomic E-state index is 12.0. The van der Waals surface area contributed by atoms with E-state index in [4.69, 9.17) is 9.47 Å². The first-order valence-corrected chi connectivity index (χ1v) is 11.4. The smallest absolute Gasteiger partial charge is 0.321 e. The molecule has 1 aliphatic rings. The number of amides is 3. The molecule has 1 aromatic carbocycles. The second-order valence-corrected chi connectivity index (χ2v) is 8.78. The summed E-state index contributed by atoms with van der Waals surface area (Å²) in [6.07, 6.45) is 2.86. The van der Waals surface area contributed by atoms with Crippen LogP contribution in [0.1, 0.15) is 18.4 Å². The Balaban J connectivity index is 1.31. The van der Waals surface area contributed by atoms with Crippen LogP contribution >= 0.6 is 23.1 Å². The highest BCUT2D eigenvalue weighted by molar-refractivity contribution is 8.01. The summed E-state index contributed by atoms with van der Waals surface area (Å²) in [5.41, 5.74) is 1.10. The summed E-state index contributed by atoms with van der Waals surface area (Å²) < 4.78 is 11.2. The lowest BCUT2D eigenvalue weighted by atomic mass is 10.1. The van der Waals surface area contributed by atoms with Gasteiger partial charge in [0.1, 0.15) is 5.75 Å². The van der Waals surface area contributed by atoms with Crippen LogP contribution < -0.4 is 20.7 Å². The lowest BCUT2D eigenvalue weighted by Crippen LogP contribution is -2.32. The van der Waals surface area contributed by atoms with Crippen molar-refractivity contribution in [3.63, 3.8) is 0 Å². The lowest BCUT2D eigenvalue weighted by molar-refractivity contribution is -0.119. The molecule has 0 unspecified atom stereocenters. The van der Waals surface area contributed by atoms with Crippen LogP contribution in [-0.2, 0) is 16.0 Å². The van der Waals surface area contributed by atoms with Gasteiger partial charge in [0.25, 0.3) is 0 Å². The molecule has 2 aromatic rings. The van der Waals surface area contributed by atoms with Crippen molar-refractivity contribution in [3.05, 3.63) is 29.8 Å². The number of rotatable bonds is 10. The van der Waals surface area contributed by atoms with Gasteiger partial charge in [-0.25, -0.2) is 4.79 Å². The lowest BCUT2D eigenvalue weighted by Gasteiger charge is -2.09. The molecule has 3 rings (SSSR count). The summed E-state index contributed by atoms with van der Waals surface area (Å²) in [5.74, 6) is 0.973. The predicted octanol–water partition coefficient (Wildman–Crippen LogP) is 2.30. The molecule has 9 nitrogen and oxygen atoms in total. The van der Waals surface area contributed by atoms with E-state index < -0.39 is 0 Å². The van der Waals surface area contributed by atoms with Crippen LogP contribution in [0.15, 0.2) is 28.6 Å². The molecule has 2 heterocycles. The van der Waals surface area contributed by atoms with Gasteiger partial charge in [0.2, 0.25) is 11.0 Å². The highest BCUT2D eigenvalue weighted by Gasteiger charge is 2.16. The Bertz CT molecular complexity index is 825. The van der Waals surface area contributed by atoms with Gasteiger partial charge in [0.15, 0.2) is 4.34 Å². The summed E-state index contributed by atoms with van der Waals surface area (Å²) in [7, 11) is 1.62. The minimum absolute atomic E-state index is 0.0727. The molecule has 0 saturated carbocycles. The topological polar surface area (TPSA) is 114 Å². The van der Waals surface area contributed by atoms with Gasteiger partial charge in [-0.2, -0.15) is 0 Å². The molecule has 30 heavy (non-hydrogen) atoms. The fraction of sp³-hybridized carbons (Fsp3) is 0.474. The third kappa shape index (κ3) is 7.47. The summed E-state index contributed by atoms with van der Waals surface area (Å²) in [6.45, 7) is 1.80. The normalized spacial score (nSPS) is 15.6. The average molecular weight is 452 g/mol. The van der Waals surface area contributed by atoms with Crippen molar-refractivity contribution in [2.24, 2.45) is 0 Å². The Kier molecular flexibility index (Phi) is 8.72. The first kappa shape index (κ1) is 22.3. The highest BCUT2D eigenvalue weighted by Crippen LogP contribution is 2.25. The number of urea groups is 1. The van der Waals surface area contributed by atoms with Gasteiger partial charge in [-0.1, -0.05) is 35.2 Å². The Morgan fingerprint density at radius 3 is 2.83 bits per heavy atom. The van der Waals surface area contributed by atoms with E-state index in [0.29, 0.717) is 29.0 Å². The van der Waals surface area contributed by atoms with Gasteiger partial charge in [-0.05, 0) is 37.0 Å². The number of benzene rings is 1. The Morgan fingerprint density at radius 2 is 2.10 bits per heavy atom. The molecule has 1 saturated heterocycles. The summed E-state index contributed by atoms with van der Waals surface area (Å²) in [6, 6.07) is 7.36. The number of carbonyl (C=O) groups is 2. The molecule has 1 aromatic heterocycles. The van der Waals surface area contributed by atoms with E-state index in [-0.39, 0.29) is 23.8 Å². The molecule has 1 aliphatic heterocycles. The maximum Gasteiger partial charge on any atom is 0.321 e. The standard InChI is InChI=1S/C19H25N5O4S2/c1-27-14-6-4-13(5-7-14)8-9-20-17(26)22-18-23-24-19(30-18)29-12-16(25)21-11-15-3-2-10-28-15/h4-7,15H,2-3,8-12H2,1H3,(H,21,25)(H2,20,22,23,26)/t15-/m0/s1. The van der Waals surface area contributed by atoms with Crippen LogP contribution in [0.3, 0.4) is 0 Å². The molecule has 162 valence electrons. The van der Waals surface area contributed by atoms with Gasteiger partial charge in [0.05, 0.1) is 19.0 Å². The number of nitrogens with one attached hydrogen (secondary N) is 3. The number of ether oxygens (including phenoxy) is 2. The van der Waals surface area contributed by atoms with Crippen molar-refractivity contribution in [1.82, 2.24) is 20.8 Å². The Hall–Kier alpha value is -2.37. The van der Waals surface area contributed by atoms with E-state index in [9.17, 15) is 9.59 Å². The molecular weight excluding hydrogens is 426 g/mol. The second-order valence-electron chi connectivity index (χ2n) is 6.58. The number of aromatic nitrogens is 2. The Labute approximate surface area is 183 Å². The first-order chi connectivity index (χ1) is 14.6. The molecule has 0 bridgehead atoms. The average Bonchev–Trinajstić information content (AvgIpc) is 3.43. The van der Waals surface area contributed by atoms with E-state index in [1.165, 1.54) is 23.1 Å². The van der Waals surface area contributed by atoms with E-state index in [1.807, 2.05) is 24.3 Å². The minimum Gasteiger partial charge on any atom is -0.497 e. The number of hydrogen-bond donors (Lipinski definition) is 3. The van der Waals surface area contributed by atoms with Crippen LogP contribution in [0.5, 0.6) is 5.75 Å². The number of hydrogen-bond acceptors (Lipinski definition) is 8. The van der Waals surface area contributed by atoms with Gasteiger partial charge in [-0.3, -0.25) is 10.1 Å². The van der Waals surface area contributed by atoms with E-state index in [0.717, 1.165) is 30.8 Å². The van der Waals surface area contributed by atoms with Crippen molar-refractivity contribution in [2.75, 3.05) is 37.9 Å². The van der Waals surface area contributed by atoms with Crippen LogP contribution in [0.4, 0.5) is 9.93 Å². The van der Waals surface area contributed by atoms with Gasteiger partial charge >= 0.3 is 6.03 Å². The number of nitrogens with zero attached hydrogens (tertiary/aromatic N) is 2. The van der Waals surface area contributed by atoms with Gasteiger partial charge in [-0.15, -0.1) is 10.2 Å². The quantitative estimate of drug-likeness (QED) is 0.375. The zero-order chi connectivity index (χ0) is 21.2. The van der Waals surface area contributed by atoms with Crippen LogP contribution in [0.2, 0.25) is 0 Å². The number of anilines is 1. The van der Waals surface area contributed by atoms with Crippen molar-refractivity contribution < 1.29 is 19.1 Å². The van der Waals surface area contributed by atoms with Crippen LogP contribution in [-0.4, -0.2) is 60.8 Å². The third-order valence-corrected chi connectivity index (χ3v) is 6.33. The molecule has 1 fully saturated rings. The predicted molar refractivity (Wildman–Crippen MR) is 116 cm³/mol. The Morgan fingerprint density at radius 1 is 1.27 bits per heavy atom. The fourth-order valence-electron chi connectivity index (χ4n) is 2.78. The minimum atomic E-state index is -0.342. The largest absolute Gasteiger partial charge is 0.497 e. The van der Waals surface area contributed by atoms with Crippen LogP contribution in [0.25, 0.3) is 0 Å². The first-order valence-electron chi connectivity index (χ1n) is 9.65. The molecule has 11 heteroatoms. The van der Waals surface area contributed by atoms with Crippen LogP contribution in [0, 0.1) is 0 Å². The highest BCUT2D eigenvalue weighted by atomic mass is 32.2. The molecular formula is C19H25N5O4S2. The molecule has 3 N–H and O–H groups in total. The molecule has 0 aliphatic carbocycles. The maximum absolute atomic E-state index is 12.0. The monoisotopic (exact) mass is 451 g/mol. The fourth-order valence-corrected chi connectivity index (χ4v) is 4.36. The zero-order valence-corrected chi connectivity index (χ0v) is 18.3. The second kappa shape index (κ2) is 11.7. The molecule has 1 atom stereocenters. The van der Waals surface area contributed by atoms with Crippen molar-refractivity contribution in [2.45, 2.75) is 29.7 Å². The molecule has 0 radical (unpaired) electrons. The third-order valence-electron chi connectivity index (χ3n) is 4.36. The number of carbonyl (C=O) groups excluding carboxylic acids is 2. The van der Waals surface area contributed by atoms with E-state index in [2.05, 4.69) is 26.1 Å². The molecule has 3 amide bonds. The summed E-state index contributed by atoms with van der Waals surface area (Å²) in [4.78, 5) is 23.9. The number of methoxy groups -OCH3 is 1.